The van der Waals surface area contributed by atoms with E-state index in [0.717, 1.165) is 0 Å². The Hall–Kier alpha value is -1.60. The average Bonchev–Trinajstić information content (AvgIpc) is 2.89. The van der Waals surface area contributed by atoms with Crippen LogP contribution in [0.5, 0.6) is 0 Å². The molecule has 0 unspecified atom stereocenters. The van der Waals surface area contributed by atoms with Crippen LogP contribution in [0.1, 0.15) is 12.2 Å². The van der Waals surface area contributed by atoms with Crippen molar-refractivity contribution in [2.45, 2.75) is 25.2 Å². The Morgan fingerprint density at radius 3 is 2.76 bits per heavy atom. The molecule has 114 valence electrons. The molecule has 0 N–H and O–H groups in total. The van der Waals surface area contributed by atoms with Crippen LogP contribution < -0.4 is 0 Å². The van der Waals surface area contributed by atoms with Crippen LogP contribution in [-0.2, 0) is 16.1 Å². The number of rotatable bonds is 3. The number of aromatic nitrogens is 2. The zero-order valence-corrected chi connectivity index (χ0v) is 11.8. The number of alkyl halides is 1. The standard InChI is InChI=1S/C14H19FN4O2/c15-11-8-12(14(20)18-4-6-21-7-5-18)19(9-11)10-13-16-2-1-3-17-13/h1-3,11-12H,4-10H2/t11-,12+/m1/s1. The van der Waals surface area contributed by atoms with Crippen LogP contribution in [-0.4, -0.2) is 70.7 Å². The smallest absolute Gasteiger partial charge is 0.240 e. The van der Waals surface area contributed by atoms with Crippen molar-refractivity contribution < 1.29 is 13.9 Å². The Morgan fingerprint density at radius 2 is 2.05 bits per heavy atom. The maximum Gasteiger partial charge on any atom is 0.240 e. The first-order chi connectivity index (χ1) is 10.2. The number of carbonyl (C=O) groups is 1. The van der Waals surface area contributed by atoms with Crippen molar-refractivity contribution in [3.63, 3.8) is 0 Å². The fourth-order valence-electron chi connectivity index (χ4n) is 2.87. The number of nitrogens with zero attached hydrogens (tertiary/aromatic N) is 4. The Kier molecular flexibility index (Phi) is 4.40. The van der Waals surface area contributed by atoms with E-state index in [1.165, 1.54) is 0 Å². The zero-order chi connectivity index (χ0) is 14.7. The number of likely N-dealkylation sites (tertiary alicyclic amines) is 1. The third-order valence-electron chi connectivity index (χ3n) is 3.92. The number of hydrogen-bond donors (Lipinski definition) is 0. The first-order valence-corrected chi connectivity index (χ1v) is 7.24. The molecule has 0 spiro atoms. The molecule has 0 radical (unpaired) electrons. The number of morpholine rings is 1. The molecule has 2 aliphatic heterocycles. The minimum atomic E-state index is -0.969. The molecule has 1 amide bonds. The van der Waals surface area contributed by atoms with Gasteiger partial charge in [-0.05, 0) is 6.07 Å². The number of hydrogen-bond acceptors (Lipinski definition) is 5. The molecule has 2 atom stereocenters. The molecule has 3 rings (SSSR count). The monoisotopic (exact) mass is 294 g/mol. The fraction of sp³-hybridized carbons (Fsp3) is 0.643. The van der Waals surface area contributed by atoms with Gasteiger partial charge in [-0.15, -0.1) is 0 Å². The average molecular weight is 294 g/mol. The number of amides is 1. The lowest BCUT2D eigenvalue weighted by Crippen LogP contribution is -2.49. The summed E-state index contributed by atoms with van der Waals surface area (Å²) in [4.78, 5) is 24.5. The third-order valence-corrected chi connectivity index (χ3v) is 3.92. The maximum atomic E-state index is 13.8. The van der Waals surface area contributed by atoms with E-state index < -0.39 is 12.2 Å². The SMILES string of the molecule is O=C([C@@H]1C[C@@H](F)CN1Cc1ncccn1)N1CCOCC1. The molecule has 0 bridgehead atoms. The summed E-state index contributed by atoms with van der Waals surface area (Å²) >= 11 is 0. The summed E-state index contributed by atoms with van der Waals surface area (Å²) < 4.78 is 19.0. The van der Waals surface area contributed by atoms with E-state index in [2.05, 4.69) is 9.97 Å². The number of carbonyl (C=O) groups excluding carboxylic acids is 1. The molecule has 21 heavy (non-hydrogen) atoms. The molecule has 6 nitrogen and oxygen atoms in total. The second kappa shape index (κ2) is 6.44. The molecular weight excluding hydrogens is 275 g/mol. The molecule has 0 saturated carbocycles. The summed E-state index contributed by atoms with van der Waals surface area (Å²) in [5.41, 5.74) is 0. The molecule has 2 saturated heterocycles. The van der Waals surface area contributed by atoms with Gasteiger partial charge in [0.1, 0.15) is 12.0 Å². The summed E-state index contributed by atoms with van der Waals surface area (Å²) in [6.07, 6.45) is 2.60. The Bertz CT molecular complexity index is 481. The topological polar surface area (TPSA) is 58.6 Å². The van der Waals surface area contributed by atoms with Crippen molar-refractivity contribution in [2.75, 3.05) is 32.8 Å². The second-order valence-electron chi connectivity index (χ2n) is 5.38. The highest BCUT2D eigenvalue weighted by molar-refractivity contribution is 5.82. The predicted molar refractivity (Wildman–Crippen MR) is 73.1 cm³/mol. The van der Waals surface area contributed by atoms with E-state index in [-0.39, 0.29) is 18.9 Å². The fourth-order valence-corrected chi connectivity index (χ4v) is 2.87. The van der Waals surface area contributed by atoms with Gasteiger partial charge in [0.15, 0.2) is 0 Å². The van der Waals surface area contributed by atoms with Crippen LogP contribution in [0.3, 0.4) is 0 Å². The minimum Gasteiger partial charge on any atom is -0.378 e. The van der Waals surface area contributed by atoms with Gasteiger partial charge in [0.2, 0.25) is 5.91 Å². The lowest BCUT2D eigenvalue weighted by molar-refractivity contribution is -0.140. The highest BCUT2D eigenvalue weighted by Crippen LogP contribution is 2.24. The highest BCUT2D eigenvalue weighted by Gasteiger charge is 2.39. The maximum absolute atomic E-state index is 13.8. The van der Waals surface area contributed by atoms with Crippen molar-refractivity contribution in [1.82, 2.24) is 19.8 Å². The van der Waals surface area contributed by atoms with E-state index in [0.29, 0.717) is 38.7 Å². The van der Waals surface area contributed by atoms with Gasteiger partial charge >= 0.3 is 0 Å². The molecule has 0 aromatic carbocycles. The predicted octanol–water partition coefficient (Wildman–Crippen LogP) is 0.248. The van der Waals surface area contributed by atoms with Crippen molar-refractivity contribution in [1.29, 1.82) is 0 Å². The molecular formula is C14H19FN4O2. The van der Waals surface area contributed by atoms with E-state index in [1.54, 1.807) is 23.4 Å². The van der Waals surface area contributed by atoms with Crippen LogP contribution in [0.2, 0.25) is 0 Å². The van der Waals surface area contributed by atoms with Crippen molar-refractivity contribution in [2.24, 2.45) is 0 Å². The van der Waals surface area contributed by atoms with Crippen molar-refractivity contribution in [3.8, 4) is 0 Å². The molecule has 1 aromatic heterocycles. The van der Waals surface area contributed by atoms with E-state index in [9.17, 15) is 9.18 Å². The van der Waals surface area contributed by atoms with Gasteiger partial charge in [0, 0.05) is 38.4 Å². The summed E-state index contributed by atoms with van der Waals surface area (Å²) in [6, 6.07) is 1.32. The summed E-state index contributed by atoms with van der Waals surface area (Å²) in [6.45, 7) is 2.95. The van der Waals surface area contributed by atoms with Gasteiger partial charge < -0.3 is 9.64 Å². The Labute approximate surface area is 122 Å². The van der Waals surface area contributed by atoms with Crippen LogP contribution in [0.15, 0.2) is 18.5 Å². The van der Waals surface area contributed by atoms with Gasteiger partial charge in [-0.3, -0.25) is 9.69 Å². The number of ether oxygens (including phenoxy) is 1. The first kappa shape index (κ1) is 14.3. The summed E-state index contributed by atoms with van der Waals surface area (Å²) in [5.74, 6) is 0.612. The quantitative estimate of drug-likeness (QED) is 0.800. The molecule has 7 heteroatoms. The molecule has 2 aliphatic rings. The minimum absolute atomic E-state index is 0.00520. The van der Waals surface area contributed by atoms with Gasteiger partial charge in [-0.25, -0.2) is 14.4 Å². The lowest BCUT2D eigenvalue weighted by Gasteiger charge is -2.32. The Balaban J connectivity index is 1.68. The second-order valence-corrected chi connectivity index (χ2v) is 5.38. The lowest BCUT2D eigenvalue weighted by atomic mass is 10.1. The van der Waals surface area contributed by atoms with Crippen LogP contribution in [0.4, 0.5) is 4.39 Å². The molecule has 2 fully saturated rings. The van der Waals surface area contributed by atoms with Gasteiger partial charge in [-0.1, -0.05) is 0 Å². The summed E-state index contributed by atoms with van der Waals surface area (Å²) in [7, 11) is 0. The van der Waals surface area contributed by atoms with E-state index in [4.69, 9.17) is 4.74 Å². The van der Waals surface area contributed by atoms with Gasteiger partial charge in [0.25, 0.3) is 0 Å². The largest absolute Gasteiger partial charge is 0.378 e. The van der Waals surface area contributed by atoms with Gasteiger partial charge in [0.05, 0.1) is 25.8 Å². The van der Waals surface area contributed by atoms with Crippen molar-refractivity contribution in [3.05, 3.63) is 24.3 Å². The molecule has 0 aliphatic carbocycles. The van der Waals surface area contributed by atoms with Gasteiger partial charge in [-0.2, -0.15) is 0 Å². The Morgan fingerprint density at radius 1 is 1.33 bits per heavy atom. The van der Waals surface area contributed by atoms with Crippen molar-refractivity contribution >= 4 is 5.91 Å². The van der Waals surface area contributed by atoms with Crippen LogP contribution >= 0.6 is 0 Å². The third kappa shape index (κ3) is 3.36. The summed E-state index contributed by atoms with van der Waals surface area (Å²) in [5, 5.41) is 0. The molecule has 1 aromatic rings. The van der Waals surface area contributed by atoms with Crippen LogP contribution in [0.25, 0.3) is 0 Å². The van der Waals surface area contributed by atoms with E-state index >= 15 is 0 Å². The normalized spacial score (nSPS) is 27.0. The van der Waals surface area contributed by atoms with E-state index in [1.807, 2.05) is 4.90 Å². The zero-order valence-electron chi connectivity index (χ0n) is 11.8. The molecule has 3 heterocycles. The highest BCUT2D eigenvalue weighted by atomic mass is 19.1. The number of halogens is 1. The first-order valence-electron chi connectivity index (χ1n) is 7.24. The van der Waals surface area contributed by atoms with Crippen LogP contribution in [0, 0.1) is 0 Å².